The van der Waals surface area contributed by atoms with E-state index in [9.17, 15) is 14.7 Å². The average molecular weight is 259 g/mol. The van der Waals surface area contributed by atoms with Gasteiger partial charge in [0, 0.05) is 25.6 Å². The standard InChI is InChI=1S/C11H21N3O4/c1-7(5-13(2)3)12-11(18)14-6-8(15)4-9(14)10(16)17/h7-9,15H,4-6H2,1-3H3,(H,12,18)(H,16,17)/t7?,8-,9-/m0/s1. The lowest BCUT2D eigenvalue weighted by Gasteiger charge is -2.25. The number of carbonyl (C=O) groups is 2. The number of carbonyl (C=O) groups excluding carboxylic acids is 1. The van der Waals surface area contributed by atoms with E-state index in [0.717, 1.165) is 0 Å². The number of hydrogen-bond donors (Lipinski definition) is 3. The number of carboxylic acids is 1. The molecule has 0 aliphatic carbocycles. The van der Waals surface area contributed by atoms with E-state index in [-0.39, 0.29) is 19.0 Å². The lowest BCUT2D eigenvalue weighted by molar-refractivity contribution is -0.141. The molecule has 1 aliphatic heterocycles. The average Bonchev–Trinajstić information content (AvgIpc) is 2.58. The summed E-state index contributed by atoms with van der Waals surface area (Å²) in [6.45, 7) is 2.58. The van der Waals surface area contributed by atoms with E-state index in [1.165, 1.54) is 4.90 Å². The molecular formula is C11H21N3O4. The van der Waals surface area contributed by atoms with Gasteiger partial charge in [-0.25, -0.2) is 9.59 Å². The van der Waals surface area contributed by atoms with Crippen LogP contribution in [-0.2, 0) is 4.79 Å². The van der Waals surface area contributed by atoms with Crippen molar-refractivity contribution >= 4 is 12.0 Å². The van der Waals surface area contributed by atoms with Gasteiger partial charge in [0.05, 0.1) is 6.10 Å². The zero-order valence-corrected chi connectivity index (χ0v) is 11.0. The molecule has 18 heavy (non-hydrogen) atoms. The van der Waals surface area contributed by atoms with Gasteiger partial charge in [-0.05, 0) is 21.0 Å². The number of amides is 2. The topological polar surface area (TPSA) is 93.1 Å². The minimum absolute atomic E-state index is 0.0669. The van der Waals surface area contributed by atoms with Gasteiger partial charge in [-0.1, -0.05) is 0 Å². The lowest BCUT2D eigenvalue weighted by atomic mass is 10.2. The number of nitrogens with one attached hydrogen (secondary N) is 1. The molecule has 1 aliphatic rings. The van der Waals surface area contributed by atoms with Crippen molar-refractivity contribution in [3.8, 4) is 0 Å². The second-order valence-corrected chi connectivity index (χ2v) is 5.01. The molecule has 7 nitrogen and oxygen atoms in total. The van der Waals surface area contributed by atoms with Crippen LogP contribution in [0, 0.1) is 0 Å². The van der Waals surface area contributed by atoms with Crippen LogP contribution in [0.5, 0.6) is 0 Å². The monoisotopic (exact) mass is 259 g/mol. The molecule has 104 valence electrons. The van der Waals surface area contributed by atoms with Gasteiger partial charge in [0.25, 0.3) is 0 Å². The summed E-state index contributed by atoms with van der Waals surface area (Å²) < 4.78 is 0. The predicted octanol–water partition coefficient (Wildman–Crippen LogP) is -0.834. The zero-order valence-electron chi connectivity index (χ0n) is 11.0. The number of likely N-dealkylation sites (tertiary alicyclic amines) is 1. The third-order valence-electron chi connectivity index (χ3n) is 2.83. The van der Waals surface area contributed by atoms with Gasteiger partial charge in [-0.2, -0.15) is 0 Å². The fourth-order valence-corrected chi connectivity index (χ4v) is 2.16. The molecule has 0 saturated carbocycles. The fraction of sp³-hybridized carbons (Fsp3) is 0.818. The first-order valence-corrected chi connectivity index (χ1v) is 5.94. The van der Waals surface area contributed by atoms with Crippen molar-refractivity contribution in [2.24, 2.45) is 0 Å². The molecule has 1 fully saturated rings. The summed E-state index contributed by atoms with van der Waals surface area (Å²) in [7, 11) is 3.78. The van der Waals surface area contributed by atoms with Crippen LogP contribution in [0.2, 0.25) is 0 Å². The van der Waals surface area contributed by atoms with Gasteiger partial charge in [0.15, 0.2) is 0 Å². The van der Waals surface area contributed by atoms with Gasteiger partial charge in [-0.15, -0.1) is 0 Å². The number of aliphatic hydroxyl groups excluding tert-OH is 1. The Bertz CT molecular complexity index is 321. The highest BCUT2D eigenvalue weighted by molar-refractivity contribution is 5.83. The summed E-state index contributed by atoms with van der Waals surface area (Å²) in [5.74, 6) is -1.08. The maximum Gasteiger partial charge on any atom is 0.326 e. The van der Waals surface area contributed by atoms with Crippen LogP contribution in [0.25, 0.3) is 0 Å². The molecule has 1 unspecified atom stereocenters. The van der Waals surface area contributed by atoms with Crippen LogP contribution in [-0.4, -0.2) is 77.4 Å². The van der Waals surface area contributed by atoms with Crippen molar-refractivity contribution < 1.29 is 19.8 Å². The Hall–Kier alpha value is -1.34. The SMILES string of the molecule is CC(CN(C)C)NC(=O)N1C[C@@H](O)C[C@H]1C(=O)O. The number of aliphatic carboxylic acids is 1. The molecule has 0 aromatic carbocycles. The van der Waals surface area contributed by atoms with Crippen molar-refractivity contribution in [3.05, 3.63) is 0 Å². The largest absolute Gasteiger partial charge is 0.480 e. The molecule has 0 aromatic rings. The molecule has 0 spiro atoms. The molecule has 3 N–H and O–H groups in total. The Labute approximate surface area is 106 Å². The van der Waals surface area contributed by atoms with Crippen LogP contribution in [0.3, 0.4) is 0 Å². The first-order chi connectivity index (χ1) is 8.31. The number of urea groups is 1. The fourth-order valence-electron chi connectivity index (χ4n) is 2.16. The highest BCUT2D eigenvalue weighted by atomic mass is 16.4. The maximum absolute atomic E-state index is 11.9. The molecular weight excluding hydrogens is 238 g/mol. The summed E-state index contributed by atoms with van der Waals surface area (Å²) in [5, 5.41) is 21.2. The van der Waals surface area contributed by atoms with E-state index in [1.54, 1.807) is 0 Å². The Morgan fingerprint density at radius 2 is 2.11 bits per heavy atom. The van der Waals surface area contributed by atoms with Crippen LogP contribution >= 0.6 is 0 Å². The molecule has 1 rings (SSSR count). The van der Waals surface area contributed by atoms with Crippen molar-refractivity contribution in [2.75, 3.05) is 27.2 Å². The molecule has 2 amide bonds. The van der Waals surface area contributed by atoms with Gasteiger partial charge in [-0.3, -0.25) is 0 Å². The summed E-state index contributed by atoms with van der Waals surface area (Å²) in [4.78, 5) is 26.0. The highest BCUT2D eigenvalue weighted by Crippen LogP contribution is 2.18. The van der Waals surface area contributed by atoms with Gasteiger partial charge >= 0.3 is 12.0 Å². The van der Waals surface area contributed by atoms with Gasteiger partial charge < -0.3 is 25.3 Å². The third kappa shape index (κ3) is 3.85. The number of carboxylic acid groups (broad SMARTS) is 1. The smallest absolute Gasteiger partial charge is 0.326 e. The van der Waals surface area contributed by atoms with E-state index >= 15 is 0 Å². The van der Waals surface area contributed by atoms with Crippen LogP contribution in [0.15, 0.2) is 0 Å². The van der Waals surface area contributed by atoms with Crippen LogP contribution < -0.4 is 5.32 Å². The number of nitrogens with zero attached hydrogens (tertiary/aromatic N) is 2. The predicted molar refractivity (Wildman–Crippen MR) is 65.3 cm³/mol. The normalized spacial score (nSPS) is 25.3. The number of β-amino-alcohol motifs (C(OH)–C–C–N with tert-alkyl or cyclic N) is 1. The molecule has 1 heterocycles. The summed E-state index contributed by atoms with van der Waals surface area (Å²) in [6.07, 6.45) is -0.675. The highest BCUT2D eigenvalue weighted by Gasteiger charge is 2.39. The van der Waals surface area contributed by atoms with Gasteiger partial charge in [0.2, 0.25) is 0 Å². The van der Waals surface area contributed by atoms with Gasteiger partial charge in [0.1, 0.15) is 6.04 Å². The summed E-state index contributed by atoms with van der Waals surface area (Å²) >= 11 is 0. The van der Waals surface area contributed by atoms with Crippen molar-refractivity contribution in [1.29, 1.82) is 0 Å². The van der Waals surface area contributed by atoms with E-state index < -0.39 is 24.1 Å². The summed E-state index contributed by atoms with van der Waals surface area (Å²) in [6, 6.07) is -1.46. The van der Waals surface area contributed by atoms with Crippen molar-refractivity contribution in [1.82, 2.24) is 15.1 Å². The first-order valence-electron chi connectivity index (χ1n) is 5.94. The lowest BCUT2D eigenvalue weighted by Crippen LogP contribution is -2.50. The minimum Gasteiger partial charge on any atom is -0.480 e. The Kier molecular flexibility index (Phi) is 4.92. The minimum atomic E-state index is -1.08. The van der Waals surface area contributed by atoms with E-state index in [4.69, 9.17) is 5.11 Å². The van der Waals surface area contributed by atoms with Crippen LogP contribution in [0.4, 0.5) is 4.79 Å². The molecule has 0 radical (unpaired) electrons. The third-order valence-corrected chi connectivity index (χ3v) is 2.83. The Morgan fingerprint density at radius 1 is 1.50 bits per heavy atom. The molecule has 0 bridgehead atoms. The van der Waals surface area contributed by atoms with Crippen LogP contribution in [0.1, 0.15) is 13.3 Å². The summed E-state index contributed by atoms with van der Waals surface area (Å²) in [5.41, 5.74) is 0. The zero-order chi connectivity index (χ0) is 13.9. The second kappa shape index (κ2) is 6.01. The van der Waals surface area contributed by atoms with Crippen molar-refractivity contribution in [2.45, 2.75) is 31.5 Å². The quantitative estimate of drug-likeness (QED) is 0.612. The number of aliphatic hydroxyl groups is 1. The molecule has 1 saturated heterocycles. The molecule has 0 aromatic heterocycles. The Balaban J connectivity index is 2.57. The van der Waals surface area contributed by atoms with E-state index in [2.05, 4.69) is 5.32 Å². The second-order valence-electron chi connectivity index (χ2n) is 5.01. The van der Waals surface area contributed by atoms with E-state index in [1.807, 2.05) is 25.9 Å². The first kappa shape index (κ1) is 14.7. The maximum atomic E-state index is 11.9. The van der Waals surface area contributed by atoms with E-state index in [0.29, 0.717) is 6.54 Å². The molecule has 7 heteroatoms. The number of rotatable bonds is 4. The number of likely N-dealkylation sites (N-methyl/N-ethyl adjacent to an activating group) is 1. The molecule has 3 atom stereocenters. The van der Waals surface area contributed by atoms with Crippen molar-refractivity contribution in [3.63, 3.8) is 0 Å². The Morgan fingerprint density at radius 3 is 2.61 bits per heavy atom. The number of hydrogen-bond acceptors (Lipinski definition) is 4.